The Kier molecular flexibility index (Phi) is 6.99. The maximum absolute atomic E-state index is 10.0. The summed E-state index contributed by atoms with van der Waals surface area (Å²) in [6, 6.07) is 29.2. The molecule has 0 bridgehead atoms. The standard InChI is InChI=1S/C26H19N2.C5H8O2.Ir/c1-26(2)19-12-7-6-11-18(19)25-24-22(15-16-27-25)28(17-9-4-3-5-10-17)21-14-8-13-20(26)23(21)24;1-4(6)3-5(2)7;/h3-10,12-16H,1-2H3;3,6H,1-2H3;/q-1;;/b;4-3-;. The first-order chi connectivity index (χ1) is 16.8. The van der Waals surface area contributed by atoms with Crippen molar-refractivity contribution in [2.24, 2.45) is 0 Å². The van der Waals surface area contributed by atoms with Crippen molar-refractivity contribution in [2.75, 3.05) is 0 Å². The Hall–Kier alpha value is -3.53. The molecule has 0 amide bonds. The minimum atomic E-state index is -0.136. The quantitative estimate of drug-likeness (QED) is 0.124. The molecule has 3 aromatic carbocycles. The summed E-state index contributed by atoms with van der Waals surface area (Å²) < 4.78 is 2.36. The maximum atomic E-state index is 10.0. The van der Waals surface area contributed by atoms with Crippen LogP contribution in [-0.4, -0.2) is 20.4 Å². The van der Waals surface area contributed by atoms with Gasteiger partial charge in [-0.15, -0.1) is 35.4 Å². The molecule has 183 valence electrons. The van der Waals surface area contributed by atoms with E-state index in [0.717, 1.165) is 11.3 Å². The molecule has 2 heterocycles. The van der Waals surface area contributed by atoms with E-state index in [-0.39, 0.29) is 37.1 Å². The van der Waals surface area contributed by atoms with E-state index < -0.39 is 0 Å². The molecule has 1 aliphatic carbocycles. The van der Waals surface area contributed by atoms with Crippen LogP contribution in [0.2, 0.25) is 0 Å². The third-order valence-electron chi connectivity index (χ3n) is 6.57. The topological polar surface area (TPSA) is 55.1 Å². The summed E-state index contributed by atoms with van der Waals surface area (Å²) in [4.78, 5) is 14.9. The van der Waals surface area contributed by atoms with Crippen molar-refractivity contribution in [1.82, 2.24) is 9.55 Å². The van der Waals surface area contributed by atoms with E-state index in [2.05, 4.69) is 91.2 Å². The van der Waals surface area contributed by atoms with Gasteiger partial charge in [0.25, 0.3) is 0 Å². The molecule has 0 saturated carbocycles. The Bertz CT molecular complexity index is 1610. The van der Waals surface area contributed by atoms with Crippen molar-refractivity contribution in [2.45, 2.75) is 33.1 Å². The van der Waals surface area contributed by atoms with E-state index in [1.807, 2.05) is 12.3 Å². The SMILES string of the molecule is CC(=O)/C=C(/C)O.CC1(C)c2ccc[c-]c2-c2nccc3c2c2c1cccc2n3-c1ccccc1.[Ir]. The molecule has 5 aromatic rings. The summed E-state index contributed by atoms with van der Waals surface area (Å²) in [5.41, 5.74) is 8.23. The first kappa shape index (κ1) is 25.6. The first-order valence-electron chi connectivity index (χ1n) is 11.7. The Labute approximate surface area is 224 Å². The fourth-order valence-electron chi connectivity index (χ4n) is 5.16. The van der Waals surface area contributed by atoms with E-state index in [0.29, 0.717) is 0 Å². The number of aromatic nitrogens is 2. The molecule has 0 spiro atoms. The van der Waals surface area contributed by atoms with E-state index in [1.165, 1.54) is 58.5 Å². The molecule has 0 unspecified atom stereocenters. The number of nitrogens with zero attached hydrogens (tertiary/aromatic N) is 2. The van der Waals surface area contributed by atoms with E-state index >= 15 is 0 Å². The molecule has 6 rings (SSSR count). The van der Waals surface area contributed by atoms with E-state index in [9.17, 15) is 4.79 Å². The largest absolute Gasteiger partial charge is 0.512 e. The van der Waals surface area contributed by atoms with Gasteiger partial charge in [-0.05, 0) is 60.2 Å². The van der Waals surface area contributed by atoms with Gasteiger partial charge < -0.3 is 14.7 Å². The number of pyridine rings is 1. The Balaban J connectivity index is 0.000000338. The van der Waals surface area contributed by atoms with Crippen LogP contribution in [0.5, 0.6) is 0 Å². The molecule has 36 heavy (non-hydrogen) atoms. The average Bonchev–Trinajstić information content (AvgIpc) is 3.14. The van der Waals surface area contributed by atoms with Gasteiger partial charge in [0.1, 0.15) is 0 Å². The summed E-state index contributed by atoms with van der Waals surface area (Å²) in [5, 5.41) is 10.9. The number of para-hydroxylation sites is 1. The van der Waals surface area contributed by atoms with Crippen LogP contribution >= 0.6 is 0 Å². The van der Waals surface area contributed by atoms with Crippen LogP contribution in [-0.2, 0) is 30.3 Å². The van der Waals surface area contributed by atoms with Gasteiger partial charge in [-0.25, -0.2) is 0 Å². The fourth-order valence-corrected chi connectivity index (χ4v) is 5.16. The van der Waals surface area contributed by atoms with Gasteiger partial charge in [-0.1, -0.05) is 44.2 Å². The second-order valence-corrected chi connectivity index (χ2v) is 9.40. The number of hydrogen-bond acceptors (Lipinski definition) is 3. The normalized spacial score (nSPS) is 13.4. The number of carbonyl (C=O) groups is 1. The average molecular weight is 652 g/mol. The molecule has 1 radical (unpaired) electrons. The summed E-state index contributed by atoms with van der Waals surface area (Å²) in [5.74, 6) is -0.0625. The summed E-state index contributed by atoms with van der Waals surface area (Å²) in [6.07, 6.45) is 3.10. The summed E-state index contributed by atoms with van der Waals surface area (Å²) >= 11 is 0. The van der Waals surface area contributed by atoms with Crippen molar-refractivity contribution >= 4 is 27.6 Å². The number of carbonyl (C=O) groups excluding carboxylic acids is 1. The van der Waals surface area contributed by atoms with Crippen molar-refractivity contribution in [3.05, 3.63) is 108 Å². The number of allylic oxidation sites excluding steroid dienone is 2. The van der Waals surface area contributed by atoms with Gasteiger partial charge in [0.15, 0.2) is 5.78 Å². The van der Waals surface area contributed by atoms with Crippen molar-refractivity contribution < 1.29 is 30.0 Å². The number of aliphatic hydroxyl groups excluding tert-OH is 1. The number of rotatable bonds is 2. The van der Waals surface area contributed by atoms with Crippen molar-refractivity contribution in [3.63, 3.8) is 0 Å². The van der Waals surface area contributed by atoms with Gasteiger partial charge in [0, 0.05) is 49.0 Å². The smallest absolute Gasteiger partial charge is 0.155 e. The molecule has 0 aliphatic heterocycles. The zero-order valence-corrected chi connectivity index (χ0v) is 23.1. The van der Waals surface area contributed by atoms with Crippen LogP contribution in [0.3, 0.4) is 0 Å². The fraction of sp³-hybridized carbons (Fsp3) is 0.161. The third-order valence-corrected chi connectivity index (χ3v) is 6.57. The molecule has 4 nitrogen and oxygen atoms in total. The second kappa shape index (κ2) is 9.85. The van der Waals surface area contributed by atoms with E-state index in [4.69, 9.17) is 10.1 Å². The van der Waals surface area contributed by atoms with Gasteiger partial charge in [0.05, 0.1) is 11.3 Å². The minimum Gasteiger partial charge on any atom is -0.512 e. The predicted molar refractivity (Wildman–Crippen MR) is 142 cm³/mol. The molecule has 1 aliphatic rings. The number of ketones is 1. The van der Waals surface area contributed by atoms with Gasteiger partial charge in [-0.3, -0.25) is 4.79 Å². The van der Waals surface area contributed by atoms with E-state index in [1.54, 1.807) is 0 Å². The molecule has 0 atom stereocenters. The molecule has 0 fully saturated rings. The van der Waals surface area contributed by atoms with Crippen molar-refractivity contribution in [1.29, 1.82) is 0 Å². The predicted octanol–water partition coefficient (Wildman–Crippen LogP) is 7.32. The van der Waals surface area contributed by atoms with Gasteiger partial charge in [0.2, 0.25) is 0 Å². The number of aliphatic hydroxyl groups is 1. The Morgan fingerprint density at radius 2 is 1.61 bits per heavy atom. The summed E-state index contributed by atoms with van der Waals surface area (Å²) in [7, 11) is 0. The zero-order chi connectivity index (χ0) is 24.7. The maximum Gasteiger partial charge on any atom is 0.155 e. The van der Waals surface area contributed by atoms with Gasteiger partial charge in [-0.2, -0.15) is 0 Å². The van der Waals surface area contributed by atoms with Crippen LogP contribution in [0.1, 0.15) is 38.8 Å². The van der Waals surface area contributed by atoms with Crippen LogP contribution < -0.4 is 0 Å². The number of fused-ring (bicyclic) bond motifs is 2. The zero-order valence-electron chi connectivity index (χ0n) is 20.7. The summed E-state index contributed by atoms with van der Waals surface area (Å²) in [6.45, 7) is 7.47. The van der Waals surface area contributed by atoms with Crippen LogP contribution in [0.4, 0.5) is 0 Å². The molecular formula is C31H27IrN2O2-. The number of benzene rings is 3. The monoisotopic (exact) mass is 652 g/mol. The Morgan fingerprint density at radius 1 is 0.917 bits per heavy atom. The van der Waals surface area contributed by atoms with Gasteiger partial charge >= 0.3 is 0 Å². The number of hydrogen-bond donors (Lipinski definition) is 1. The molecule has 0 saturated heterocycles. The minimum absolute atomic E-state index is 0. The third kappa shape index (κ3) is 4.19. The van der Waals surface area contributed by atoms with Crippen LogP contribution in [0.25, 0.3) is 38.8 Å². The second-order valence-electron chi connectivity index (χ2n) is 9.40. The molecule has 1 N–H and O–H groups in total. The molecule has 2 aromatic heterocycles. The Morgan fingerprint density at radius 3 is 2.28 bits per heavy atom. The van der Waals surface area contributed by atoms with Crippen LogP contribution in [0, 0.1) is 6.07 Å². The first-order valence-corrected chi connectivity index (χ1v) is 11.7. The van der Waals surface area contributed by atoms with Crippen LogP contribution in [0.15, 0.2) is 90.8 Å². The van der Waals surface area contributed by atoms with Crippen molar-refractivity contribution in [3.8, 4) is 16.9 Å². The molecular weight excluding hydrogens is 625 g/mol. The molecule has 5 heteroatoms.